The van der Waals surface area contributed by atoms with Crippen LogP contribution in [0.3, 0.4) is 0 Å². The van der Waals surface area contributed by atoms with E-state index in [-0.39, 0.29) is 5.91 Å². The minimum atomic E-state index is -0.0558. The van der Waals surface area contributed by atoms with Gasteiger partial charge >= 0.3 is 0 Å². The molecule has 12 heavy (non-hydrogen) atoms. The zero-order chi connectivity index (χ0) is 9.19. The van der Waals surface area contributed by atoms with E-state index in [0.29, 0.717) is 11.3 Å². The maximum atomic E-state index is 10.8. The summed E-state index contributed by atoms with van der Waals surface area (Å²) in [5.41, 5.74) is 0.504. The molecule has 0 unspecified atom stereocenters. The lowest BCUT2D eigenvalue weighted by molar-refractivity contribution is -0.117. The molecule has 2 heteroatoms. The summed E-state index contributed by atoms with van der Waals surface area (Å²) in [5.74, 6) is 0.628. The van der Waals surface area contributed by atoms with Gasteiger partial charge in [-0.05, 0) is 30.3 Å². The number of rotatable bonds is 3. The second-order valence-corrected chi connectivity index (χ2v) is 4.39. The van der Waals surface area contributed by atoms with Crippen LogP contribution in [0, 0.1) is 11.3 Å². The van der Waals surface area contributed by atoms with Crippen LogP contribution in [0.5, 0.6) is 0 Å². The van der Waals surface area contributed by atoms with Crippen LogP contribution < -0.4 is 5.32 Å². The van der Waals surface area contributed by atoms with Gasteiger partial charge in [-0.25, -0.2) is 0 Å². The van der Waals surface area contributed by atoms with Gasteiger partial charge in [0.15, 0.2) is 0 Å². The molecule has 0 aliphatic heterocycles. The standard InChI is InChI=1S/C10H17NO/c1-4-9(12)11-7-8-5-10(2,3)6-8/h4,8H,1,5-7H2,2-3H3,(H,11,12). The summed E-state index contributed by atoms with van der Waals surface area (Å²) >= 11 is 0. The molecular weight excluding hydrogens is 150 g/mol. The molecule has 1 fully saturated rings. The average Bonchev–Trinajstić information content (AvgIpc) is 1.96. The zero-order valence-corrected chi connectivity index (χ0v) is 7.89. The van der Waals surface area contributed by atoms with Gasteiger partial charge in [0.25, 0.3) is 0 Å². The van der Waals surface area contributed by atoms with E-state index in [1.165, 1.54) is 18.9 Å². The van der Waals surface area contributed by atoms with Crippen molar-refractivity contribution in [1.29, 1.82) is 0 Å². The Morgan fingerprint density at radius 1 is 1.67 bits per heavy atom. The first-order valence-electron chi connectivity index (χ1n) is 4.44. The fourth-order valence-corrected chi connectivity index (χ4v) is 1.96. The highest BCUT2D eigenvalue weighted by molar-refractivity contribution is 5.86. The van der Waals surface area contributed by atoms with Gasteiger partial charge in [0.1, 0.15) is 0 Å². The van der Waals surface area contributed by atoms with E-state index in [1.54, 1.807) is 0 Å². The Labute approximate surface area is 74.0 Å². The molecule has 0 heterocycles. The molecule has 0 aromatic heterocycles. The van der Waals surface area contributed by atoms with E-state index < -0.39 is 0 Å². The van der Waals surface area contributed by atoms with Crippen molar-refractivity contribution in [3.8, 4) is 0 Å². The third kappa shape index (κ3) is 2.36. The molecule has 0 saturated heterocycles. The highest BCUT2D eigenvalue weighted by Gasteiger charge is 2.35. The predicted octanol–water partition coefficient (Wildman–Crippen LogP) is 1.72. The molecule has 68 valence electrons. The van der Waals surface area contributed by atoms with Crippen molar-refractivity contribution < 1.29 is 4.79 Å². The lowest BCUT2D eigenvalue weighted by Gasteiger charge is -2.42. The molecule has 1 rings (SSSR count). The summed E-state index contributed by atoms with van der Waals surface area (Å²) in [7, 11) is 0. The van der Waals surface area contributed by atoms with Crippen LogP contribution in [0.25, 0.3) is 0 Å². The lowest BCUT2D eigenvalue weighted by atomic mass is 9.64. The van der Waals surface area contributed by atoms with Crippen molar-refractivity contribution in [1.82, 2.24) is 5.32 Å². The Morgan fingerprint density at radius 3 is 2.67 bits per heavy atom. The van der Waals surface area contributed by atoms with E-state index in [4.69, 9.17) is 0 Å². The summed E-state index contributed by atoms with van der Waals surface area (Å²) in [6.07, 6.45) is 3.78. The normalized spacial score (nSPS) is 21.2. The summed E-state index contributed by atoms with van der Waals surface area (Å²) < 4.78 is 0. The van der Waals surface area contributed by atoms with Crippen molar-refractivity contribution in [2.24, 2.45) is 11.3 Å². The number of carbonyl (C=O) groups is 1. The first-order valence-corrected chi connectivity index (χ1v) is 4.44. The fourth-order valence-electron chi connectivity index (χ4n) is 1.96. The first-order chi connectivity index (χ1) is 5.53. The van der Waals surface area contributed by atoms with Crippen LogP contribution in [-0.4, -0.2) is 12.5 Å². The van der Waals surface area contributed by atoms with E-state index in [1.807, 2.05) is 0 Å². The van der Waals surface area contributed by atoms with Crippen molar-refractivity contribution in [3.05, 3.63) is 12.7 Å². The average molecular weight is 167 g/mol. The van der Waals surface area contributed by atoms with Crippen molar-refractivity contribution in [2.75, 3.05) is 6.54 Å². The lowest BCUT2D eigenvalue weighted by Crippen LogP contribution is -2.39. The molecule has 1 aliphatic carbocycles. The van der Waals surface area contributed by atoms with Gasteiger partial charge in [-0.2, -0.15) is 0 Å². The topological polar surface area (TPSA) is 29.1 Å². The number of amides is 1. The minimum absolute atomic E-state index is 0.0558. The molecule has 0 atom stereocenters. The predicted molar refractivity (Wildman–Crippen MR) is 49.7 cm³/mol. The maximum absolute atomic E-state index is 10.8. The number of nitrogens with one attached hydrogen (secondary N) is 1. The highest BCUT2D eigenvalue weighted by atomic mass is 16.1. The summed E-state index contributed by atoms with van der Waals surface area (Å²) in [6, 6.07) is 0. The van der Waals surface area contributed by atoms with Gasteiger partial charge in [0, 0.05) is 6.54 Å². The second kappa shape index (κ2) is 3.30. The second-order valence-electron chi connectivity index (χ2n) is 4.39. The van der Waals surface area contributed by atoms with Crippen LogP contribution in [0.2, 0.25) is 0 Å². The highest BCUT2D eigenvalue weighted by Crippen LogP contribution is 2.44. The molecule has 0 aromatic carbocycles. The van der Waals surface area contributed by atoms with Crippen LogP contribution in [-0.2, 0) is 4.79 Å². The summed E-state index contributed by atoms with van der Waals surface area (Å²) in [6.45, 7) is 8.74. The number of carbonyl (C=O) groups excluding carboxylic acids is 1. The smallest absolute Gasteiger partial charge is 0.243 e. The fraction of sp³-hybridized carbons (Fsp3) is 0.700. The molecule has 0 aromatic rings. The van der Waals surface area contributed by atoms with Crippen LogP contribution >= 0.6 is 0 Å². The van der Waals surface area contributed by atoms with E-state index >= 15 is 0 Å². The quantitative estimate of drug-likeness (QED) is 0.637. The molecule has 1 saturated carbocycles. The van der Waals surface area contributed by atoms with E-state index in [0.717, 1.165) is 6.54 Å². The third-order valence-electron chi connectivity index (χ3n) is 2.43. The van der Waals surface area contributed by atoms with Gasteiger partial charge in [0.2, 0.25) is 5.91 Å². The van der Waals surface area contributed by atoms with Gasteiger partial charge in [0.05, 0.1) is 0 Å². The Balaban J connectivity index is 2.12. The zero-order valence-electron chi connectivity index (χ0n) is 7.89. The third-order valence-corrected chi connectivity index (χ3v) is 2.43. The Kier molecular flexibility index (Phi) is 2.55. The molecule has 0 radical (unpaired) electrons. The van der Waals surface area contributed by atoms with Crippen LogP contribution in [0.4, 0.5) is 0 Å². The molecule has 1 aliphatic rings. The number of hydrogen-bond donors (Lipinski definition) is 1. The minimum Gasteiger partial charge on any atom is -0.352 e. The molecular formula is C10H17NO. The summed E-state index contributed by atoms with van der Waals surface area (Å²) in [5, 5.41) is 2.82. The van der Waals surface area contributed by atoms with E-state index in [9.17, 15) is 4.79 Å². The first kappa shape index (κ1) is 9.30. The van der Waals surface area contributed by atoms with Crippen molar-refractivity contribution in [2.45, 2.75) is 26.7 Å². The summed E-state index contributed by atoms with van der Waals surface area (Å²) in [4.78, 5) is 10.8. The monoisotopic (exact) mass is 167 g/mol. The van der Waals surface area contributed by atoms with Gasteiger partial charge in [-0.1, -0.05) is 20.4 Å². The molecule has 2 nitrogen and oxygen atoms in total. The SMILES string of the molecule is C=CC(=O)NCC1CC(C)(C)C1. The largest absolute Gasteiger partial charge is 0.352 e. The Morgan fingerprint density at radius 2 is 2.25 bits per heavy atom. The van der Waals surface area contributed by atoms with Gasteiger partial charge in [-0.3, -0.25) is 4.79 Å². The number of hydrogen-bond acceptors (Lipinski definition) is 1. The van der Waals surface area contributed by atoms with Gasteiger partial charge < -0.3 is 5.32 Å². The van der Waals surface area contributed by atoms with Crippen molar-refractivity contribution >= 4 is 5.91 Å². The Bertz CT molecular complexity index is 188. The maximum Gasteiger partial charge on any atom is 0.243 e. The molecule has 1 N–H and O–H groups in total. The molecule has 1 amide bonds. The van der Waals surface area contributed by atoms with E-state index in [2.05, 4.69) is 25.7 Å². The van der Waals surface area contributed by atoms with Crippen molar-refractivity contribution in [3.63, 3.8) is 0 Å². The molecule has 0 spiro atoms. The van der Waals surface area contributed by atoms with Crippen LogP contribution in [0.1, 0.15) is 26.7 Å². The van der Waals surface area contributed by atoms with Crippen LogP contribution in [0.15, 0.2) is 12.7 Å². The van der Waals surface area contributed by atoms with Gasteiger partial charge in [-0.15, -0.1) is 0 Å². The molecule has 0 bridgehead atoms. The Hall–Kier alpha value is -0.790.